The van der Waals surface area contributed by atoms with Gasteiger partial charge in [0.2, 0.25) is 0 Å². The Labute approximate surface area is 212 Å². The first-order valence-electron chi connectivity index (χ1n) is 12.3. The van der Waals surface area contributed by atoms with Gasteiger partial charge in [0, 0.05) is 27.8 Å². The molecule has 2 aromatic rings. The molecule has 2 rings (SSSR count). The molecule has 0 spiro atoms. The lowest BCUT2D eigenvalue weighted by Gasteiger charge is -2.30. The highest BCUT2D eigenvalue weighted by atomic mass is 16.5. The van der Waals surface area contributed by atoms with Crippen molar-refractivity contribution in [1.82, 2.24) is 0 Å². The molecule has 0 radical (unpaired) electrons. The molecular formula is C31H44O4. The van der Waals surface area contributed by atoms with Crippen LogP contribution in [0.25, 0.3) is 0 Å². The third kappa shape index (κ3) is 6.34. The van der Waals surface area contributed by atoms with Gasteiger partial charge >= 0.3 is 5.97 Å². The highest BCUT2D eigenvalue weighted by Gasteiger charge is 2.32. The van der Waals surface area contributed by atoms with Crippen molar-refractivity contribution in [3.05, 3.63) is 57.6 Å². The summed E-state index contributed by atoms with van der Waals surface area (Å²) in [6.45, 7) is 25.9. The zero-order valence-corrected chi connectivity index (χ0v) is 24.0. The summed E-state index contributed by atoms with van der Waals surface area (Å²) in [7, 11) is 0. The van der Waals surface area contributed by atoms with Crippen LogP contribution in [0.2, 0.25) is 0 Å². The molecule has 0 saturated heterocycles. The third-order valence-electron chi connectivity index (χ3n) is 6.27. The molecule has 0 unspecified atom stereocenters. The lowest BCUT2D eigenvalue weighted by atomic mass is 9.77. The quantitative estimate of drug-likeness (QED) is 0.274. The summed E-state index contributed by atoms with van der Waals surface area (Å²) in [4.78, 5) is 26.0. The monoisotopic (exact) mass is 480 g/mol. The Morgan fingerprint density at radius 2 is 0.914 bits per heavy atom. The standard InChI is InChI=1S/C31H44O4/c1-18(32)19-14-23(30(8,9)10)26(24(15-19)31(11,12)13)35-27(34)20-16-21(28(2,3)4)25(33)22(17-20)29(5,6)7/h14-17,33H,1-13H3. The fourth-order valence-corrected chi connectivity index (χ4v) is 4.10. The van der Waals surface area contributed by atoms with E-state index in [9.17, 15) is 14.7 Å². The average molecular weight is 481 g/mol. The second kappa shape index (κ2) is 9.11. The van der Waals surface area contributed by atoms with Crippen molar-refractivity contribution in [2.24, 2.45) is 0 Å². The first kappa shape index (κ1) is 28.6. The van der Waals surface area contributed by atoms with Crippen molar-refractivity contribution < 1.29 is 19.4 Å². The van der Waals surface area contributed by atoms with Crippen LogP contribution in [-0.4, -0.2) is 16.9 Å². The molecule has 0 amide bonds. The molecule has 0 aliphatic heterocycles. The predicted octanol–water partition coefficient (Wildman–Crippen LogP) is 8.00. The largest absolute Gasteiger partial charge is 0.507 e. The van der Waals surface area contributed by atoms with E-state index >= 15 is 0 Å². The van der Waals surface area contributed by atoms with E-state index in [1.165, 1.54) is 0 Å². The lowest BCUT2D eigenvalue weighted by molar-refractivity contribution is 0.0728. The normalized spacial score (nSPS) is 13.1. The summed E-state index contributed by atoms with van der Waals surface area (Å²) in [5.41, 5.74) is 2.59. The molecule has 192 valence electrons. The van der Waals surface area contributed by atoms with Gasteiger partial charge in [-0.2, -0.15) is 0 Å². The number of hydrogen-bond acceptors (Lipinski definition) is 4. The Hall–Kier alpha value is -2.62. The fraction of sp³-hybridized carbons (Fsp3) is 0.548. The number of carbonyl (C=O) groups excluding carboxylic acids is 2. The number of carbonyl (C=O) groups is 2. The van der Waals surface area contributed by atoms with Gasteiger partial charge in [0.05, 0.1) is 5.56 Å². The van der Waals surface area contributed by atoms with Crippen molar-refractivity contribution in [3.8, 4) is 11.5 Å². The summed E-state index contributed by atoms with van der Waals surface area (Å²) in [6.07, 6.45) is 0. The molecular weight excluding hydrogens is 436 g/mol. The minimum Gasteiger partial charge on any atom is -0.507 e. The molecule has 2 aromatic carbocycles. The van der Waals surface area contributed by atoms with Gasteiger partial charge < -0.3 is 9.84 Å². The average Bonchev–Trinajstić information content (AvgIpc) is 2.64. The van der Waals surface area contributed by atoms with Crippen LogP contribution < -0.4 is 4.74 Å². The molecule has 0 bridgehead atoms. The maximum Gasteiger partial charge on any atom is 0.343 e. The van der Waals surface area contributed by atoms with Crippen LogP contribution >= 0.6 is 0 Å². The van der Waals surface area contributed by atoms with Gasteiger partial charge in [-0.3, -0.25) is 4.79 Å². The first-order valence-corrected chi connectivity index (χ1v) is 12.3. The van der Waals surface area contributed by atoms with E-state index in [4.69, 9.17) is 4.74 Å². The molecule has 0 aliphatic rings. The minimum atomic E-state index is -0.479. The first-order chi connectivity index (χ1) is 15.5. The van der Waals surface area contributed by atoms with Gasteiger partial charge in [-0.05, 0) is 52.8 Å². The Morgan fingerprint density at radius 3 is 1.20 bits per heavy atom. The number of ether oxygens (including phenoxy) is 1. The summed E-state index contributed by atoms with van der Waals surface area (Å²) in [5, 5.41) is 11.1. The number of phenols is 1. The number of rotatable bonds is 3. The van der Waals surface area contributed by atoms with Gasteiger partial charge in [0.25, 0.3) is 0 Å². The number of aromatic hydroxyl groups is 1. The zero-order valence-electron chi connectivity index (χ0n) is 24.0. The Balaban J connectivity index is 2.81. The van der Waals surface area contributed by atoms with E-state index in [2.05, 4.69) is 0 Å². The molecule has 0 atom stereocenters. The number of esters is 1. The van der Waals surface area contributed by atoms with Crippen LogP contribution in [0.15, 0.2) is 24.3 Å². The van der Waals surface area contributed by atoms with Crippen LogP contribution in [0.1, 0.15) is 133 Å². The molecule has 0 fully saturated rings. The summed E-state index contributed by atoms with van der Waals surface area (Å²) >= 11 is 0. The maximum absolute atomic E-state index is 13.7. The highest BCUT2D eigenvalue weighted by Crippen LogP contribution is 2.43. The molecule has 0 aromatic heterocycles. The van der Waals surface area contributed by atoms with Gasteiger partial charge in [-0.25, -0.2) is 4.79 Å². The molecule has 0 aliphatic carbocycles. The Kier molecular flexibility index (Phi) is 7.45. The van der Waals surface area contributed by atoms with Crippen LogP contribution in [0.3, 0.4) is 0 Å². The third-order valence-corrected chi connectivity index (χ3v) is 6.27. The van der Waals surface area contributed by atoms with Crippen LogP contribution in [0.4, 0.5) is 0 Å². The van der Waals surface area contributed by atoms with Gasteiger partial charge in [-0.15, -0.1) is 0 Å². The fourth-order valence-electron chi connectivity index (χ4n) is 4.10. The SMILES string of the molecule is CC(=O)c1cc(C(C)(C)C)c(OC(=O)c2cc(C(C)(C)C)c(O)c(C(C)(C)C)c2)c(C(C)(C)C)c1. The summed E-state index contributed by atoms with van der Waals surface area (Å²) < 4.78 is 6.19. The summed E-state index contributed by atoms with van der Waals surface area (Å²) in [6, 6.07) is 7.17. The summed E-state index contributed by atoms with van der Waals surface area (Å²) in [5.74, 6) is 0.218. The molecule has 0 saturated carbocycles. The molecule has 35 heavy (non-hydrogen) atoms. The number of ketones is 1. The van der Waals surface area contributed by atoms with E-state index in [-0.39, 0.29) is 33.2 Å². The van der Waals surface area contributed by atoms with Gasteiger partial charge in [0.15, 0.2) is 5.78 Å². The van der Waals surface area contributed by atoms with Crippen molar-refractivity contribution in [3.63, 3.8) is 0 Å². The van der Waals surface area contributed by atoms with Crippen molar-refractivity contribution in [2.75, 3.05) is 0 Å². The van der Waals surface area contributed by atoms with Gasteiger partial charge in [-0.1, -0.05) is 83.1 Å². The number of phenolic OH excluding ortho intramolecular Hbond substituents is 1. The highest BCUT2D eigenvalue weighted by molar-refractivity contribution is 5.96. The molecule has 4 heteroatoms. The molecule has 0 heterocycles. The second-order valence-electron chi connectivity index (χ2n) is 13.8. The van der Waals surface area contributed by atoms with Crippen molar-refractivity contribution >= 4 is 11.8 Å². The van der Waals surface area contributed by atoms with Gasteiger partial charge in [0.1, 0.15) is 11.5 Å². The predicted molar refractivity (Wildman–Crippen MR) is 144 cm³/mol. The van der Waals surface area contributed by atoms with Crippen LogP contribution in [-0.2, 0) is 21.7 Å². The Bertz CT molecular complexity index is 1070. The van der Waals surface area contributed by atoms with Crippen molar-refractivity contribution in [2.45, 2.75) is 112 Å². The zero-order chi connectivity index (χ0) is 27.3. The topological polar surface area (TPSA) is 63.6 Å². The van der Waals surface area contributed by atoms with E-state index in [0.29, 0.717) is 28.0 Å². The van der Waals surface area contributed by atoms with E-state index in [1.807, 2.05) is 95.2 Å². The smallest absolute Gasteiger partial charge is 0.343 e. The van der Waals surface area contributed by atoms with E-state index in [0.717, 1.165) is 11.1 Å². The number of benzene rings is 2. The Morgan fingerprint density at radius 1 is 0.600 bits per heavy atom. The van der Waals surface area contributed by atoms with Crippen molar-refractivity contribution in [1.29, 1.82) is 0 Å². The van der Waals surface area contributed by atoms with E-state index < -0.39 is 5.97 Å². The van der Waals surface area contributed by atoms with Crippen LogP contribution in [0.5, 0.6) is 11.5 Å². The van der Waals surface area contributed by atoms with E-state index in [1.54, 1.807) is 19.1 Å². The second-order valence-corrected chi connectivity index (χ2v) is 13.8. The maximum atomic E-state index is 13.7. The molecule has 4 nitrogen and oxygen atoms in total. The van der Waals surface area contributed by atoms with Crippen LogP contribution in [0, 0.1) is 0 Å². The number of hydrogen-bond donors (Lipinski definition) is 1. The molecule has 1 N–H and O–H groups in total. The minimum absolute atomic E-state index is 0.0259. The lowest BCUT2D eigenvalue weighted by Crippen LogP contribution is -2.24. The number of Topliss-reactive ketones (excluding diaryl/α,β-unsaturated/α-hetero) is 1.